The summed E-state index contributed by atoms with van der Waals surface area (Å²) in [5.41, 5.74) is 5.62. The average Bonchev–Trinajstić information content (AvgIpc) is 2.45. The molecular weight excluding hydrogens is 254 g/mol. The molecule has 1 atom stereocenters. The van der Waals surface area contributed by atoms with Crippen molar-refractivity contribution in [1.82, 2.24) is 5.32 Å². The molecule has 0 spiro atoms. The first-order valence-corrected chi connectivity index (χ1v) is 7.83. The van der Waals surface area contributed by atoms with Crippen LogP contribution in [0.2, 0.25) is 0 Å². The van der Waals surface area contributed by atoms with Gasteiger partial charge in [0, 0.05) is 0 Å². The van der Waals surface area contributed by atoms with Crippen LogP contribution in [0.1, 0.15) is 56.0 Å². The molecule has 2 rings (SSSR count). The van der Waals surface area contributed by atoms with Crippen molar-refractivity contribution in [2.45, 2.75) is 46.1 Å². The molecule has 0 heterocycles. The smallest absolute Gasteiger partial charge is 0.0579 e. The van der Waals surface area contributed by atoms with E-state index in [1.165, 1.54) is 22.3 Å². The Morgan fingerprint density at radius 1 is 0.952 bits per heavy atom. The van der Waals surface area contributed by atoms with Crippen LogP contribution in [0, 0.1) is 6.92 Å². The summed E-state index contributed by atoms with van der Waals surface area (Å²) in [6, 6.07) is 18.0. The van der Waals surface area contributed by atoms with Crippen LogP contribution in [-0.4, -0.2) is 6.54 Å². The van der Waals surface area contributed by atoms with Crippen LogP contribution in [0.15, 0.2) is 48.5 Å². The van der Waals surface area contributed by atoms with Crippen LogP contribution >= 0.6 is 0 Å². The molecule has 1 nitrogen and oxygen atoms in total. The molecule has 112 valence electrons. The predicted molar refractivity (Wildman–Crippen MR) is 91.8 cm³/mol. The van der Waals surface area contributed by atoms with Gasteiger partial charge in [-0.05, 0) is 41.1 Å². The Kier molecular flexibility index (Phi) is 4.84. The maximum atomic E-state index is 3.61. The summed E-state index contributed by atoms with van der Waals surface area (Å²) in [4.78, 5) is 0. The lowest BCUT2D eigenvalue weighted by atomic mass is 9.85. The van der Waals surface area contributed by atoms with Gasteiger partial charge in [-0.3, -0.25) is 0 Å². The number of benzene rings is 2. The van der Waals surface area contributed by atoms with Gasteiger partial charge < -0.3 is 5.32 Å². The molecule has 0 amide bonds. The Balaban J connectivity index is 2.37. The first kappa shape index (κ1) is 15.8. The van der Waals surface area contributed by atoms with Crippen molar-refractivity contribution in [1.29, 1.82) is 0 Å². The maximum absolute atomic E-state index is 3.61. The molecule has 0 aromatic heterocycles. The molecule has 0 saturated heterocycles. The quantitative estimate of drug-likeness (QED) is 0.832. The van der Waals surface area contributed by atoms with E-state index < -0.39 is 0 Å². The zero-order chi connectivity index (χ0) is 15.5. The Hall–Kier alpha value is -1.60. The van der Waals surface area contributed by atoms with Gasteiger partial charge in [0.2, 0.25) is 0 Å². The van der Waals surface area contributed by atoms with E-state index in [1.807, 2.05) is 0 Å². The van der Waals surface area contributed by atoms with E-state index in [0.29, 0.717) is 0 Å². The summed E-state index contributed by atoms with van der Waals surface area (Å²) in [5, 5.41) is 3.61. The first-order chi connectivity index (χ1) is 9.93. The first-order valence-electron chi connectivity index (χ1n) is 7.83. The summed E-state index contributed by atoms with van der Waals surface area (Å²) in [5.74, 6) is 0. The highest BCUT2D eigenvalue weighted by Crippen LogP contribution is 2.28. The molecule has 21 heavy (non-hydrogen) atoms. The lowest BCUT2D eigenvalue weighted by molar-refractivity contribution is 0.587. The largest absolute Gasteiger partial charge is 0.307 e. The summed E-state index contributed by atoms with van der Waals surface area (Å²) in [7, 11) is 0. The monoisotopic (exact) mass is 281 g/mol. The second-order valence-electron chi connectivity index (χ2n) is 6.72. The lowest BCUT2D eigenvalue weighted by Gasteiger charge is -2.23. The number of aryl methyl sites for hydroxylation is 1. The molecule has 1 N–H and O–H groups in total. The van der Waals surface area contributed by atoms with Gasteiger partial charge in [-0.2, -0.15) is 0 Å². The third-order valence-electron chi connectivity index (χ3n) is 4.02. The van der Waals surface area contributed by atoms with E-state index in [4.69, 9.17) is 0 Å². The molecule has 0 aliphatic carbocycles. The minimum Gasteiger partial charge on any atom is -0.307 e. The number of rotatable bonds is 4. The zero-order valence-corrected chi connectivity index (χ0v) is 13.9. The van der Waals surface area contributed by atoms with Crippen molar-refractivity contribution in [3.63, 3.8) is 0 Å². The topological polar surface area (TPSA) is 12.0 Å². The van der Waals surface area contributed by atoms with Crippen LogP contribution in [0.5, 0.6) is 0 Å². The lowest BCUT2D eigenvalue weighted by Crippen LogP contribution is -2.23. The van der Waals surface area contributed by atoms with E-state index in [0.717, 1.165) is 6.54 Å². The highest BCUT2D eigenvalue weighted by atomic mass is 14.9. The van der Waals surface area contributed by atoms with E-state index in [2.05, 4.69) is 88.5 Å². The molecular formula is C20H27N. The third kappa shape index (κ3) is 3.74. The molecule has 0 aliphatic rings. The standard InChI is InChI=1S/C20H27N/c1-6-21-19(18-10-8-7-9-15(18)2)16-11-13-17(14-12-16)20(3,4)5/h7-14,19,21H,6H2,1-5H3. The second kappa shape index (κ2) is 6.44. The number of hydrogen-bond donors (Lipinski definition) is 1. The molecule has 2 aromatic rings. The summed E-state index contributed by atoms with van der Waals surface area (Å²) in [6.07, 6.45) is 0. The van der Waals surface area contributed by atoms with Gasteiger partial charge in [0.1, 0.15) is 0 Å². The minimum atomic E-state index is 0.203. The summed E-state index contributed by atoms with van der Waals surface area (Å²) in [6.45, 7) is 12.1. The molecule has 0 bridgehead atoms. The Labute approximate surface area is 129 Å². The average molecular weight is 281 g/mol. The Morgan fingerprint density at radius 3 is 2.10 bits per heavy atom. The van der Waals surface area contributed by atoms with E-state index >= 15 is 0 Å². The summed E-state index contributed by atoms with van der Waals surface area (Å²) < 4.78 is 0. The fraction of sp³-hybridized carbons (Fsp3) is 0.400. The van der Waals surface area contributed by atoms with Crippen LogP contribution < -0.4 is 5.32 Å². The fourth-order valence-electron chi connectivity index (χ4n) is 2.70. The SMILES string of the molecule is CCNC(c1ccc(C(C)(C)C)cc1)c1ccccc1C. The van der Waals surface area contributed by atoms with Crippen molar-refractivity contribution in [2.24, 2.45) is 0 Å². The normalized spacial score (nSPS) is 13.2. The van der Waals surface area contributed by atoms with Crippen LogP contribution in [0.4, 0.5) is 0 Å². The maximum Gasteiger partial charge on any atom is 0.0579 e. The predicted octanol–water partition coefficient (Wildman–Crippen LogP) is 4.99. The van der Waals surface area contributed by atoms with Crippen molar-refractivity contribution in [3.8, 4) is 0 Å². The molecule has 0 fully saturated rings. The second-order valence-corrected chi connectivity index (χ2v) is 6.72. The van der Waals surface area contributed by atoms with Gasteiger partial charge in [0.25, 0.3) is 0 Å². The van der Waals surface area contributed by atoms with Gasteiger partial charge in [-0.1, -0.05) is 76.2 Å². The fourth-order valence-corrected chi connectivity index (χ4v) is 2.70. The number of hydrogen-bond acceptors (Lipinski definition) is 1. The van der Waals surface area contributed by atoms with Crippen molar-refractivity contribution >= 4 is 0 Å². The van der Waals surface area contributed by atoms with Gasteiger partial charge in [-0.15, -0.1) is 0 Å². The molecule has 2 aromatic carbocycles. The van der Waals surface area contributed by atoms with Crippen molar-refractivity contribution in [2.75, 3.05) is 6.54 Å². The van der Waals surface area contributed by atoms with Crippen LogP contribution in [0.25, 0.3) is 0 Å². The van der Waals surface area contributed by atoms with Crippen LogP contribution in [-0.2, 0) is 5.41 Å². The third-order valence-corrected chi connectivity index (χ3v) is 4.02. The number of nitrogens with one attached hydrogen (secondary N) is 1. The Bertz CT molecular complexity index is 576. The summed E-state index contributed by atoms with van der Waals surface area (Å²) >= 11 is 0. The highest BCUT2D eigenvalue weighted by Gasteiger charge is 2.17. The molecule has 0 radical (unpaired) electrons. The van der Waals surface area contributed by atoms with Crippen molar-refractivity contribution in [3.05, 3.63) is 70.8 Å². The van der Waals surface area contributed by atoms with E-state index in [1.54, 1.807) is 0 Å². The highest BCUT2D eigenvalue weighted by molar-refractivity contribution is 5.38. The minimum absolute atomic E-state index is 0.203. The molecule has 0 saturated carbocycles. The van der Waals surface area contributed by atoms with Crippen LogP contribution in [0.3, 0.4) is 0 Å². The van der Waals surface area contributed by atoms with Gasteiger partial charge >= 0.3 is 0 Å². The van der Waals surface area contributed by atoms with Crippen molar-refractivity contribution < 1.29 is 0 Å². The van der Waals surface area contributed by atoms with Gasteiger partial charge in [0.05, 0.1) is 6.04 Å². The van der Waals surface area contributed by atoms with E-state index in [9.17, 15) is 0 Å². The van der Waals surface area contributed by atoms with Gasteiger partial charge in [0.15, 0.2) is 0 Å². The molecule has 0 aliphatic heterocycles. The van der Waals surface area contributed by atoms with E-state index in [-0.39, 0.29) is 11.5 Å². The molecule has 1 unspecified atom stereocenters. The zero-order valence-electron chi connectivity index (χ0n) is 13.9. The van der Waals surface area contributed by atoms with Gasteiger partial charge in [-0.25, -0.2) is 0 Å². The molecule has 1 heteroatoms. The Morgan fingerprint density at radius 2 is 1.57 bits per heavy atom.